The molecule has 0 aliphatic carbocycles. The Hall–Kier alpha value is -2.04. The molecule has 4 nitrogen and oxygen atoms in total. The van der Waals surface area contributed by atoms with Gasteiger partial charge in [0.05, 0.1) is 6.04 Å². The number of hydrogen-bond donors (Lipinski definition) is 2. The zero-order valence-corrected chi connectivity index (χ0v) is 15.1. The largest absolute Gasteiger partial charge is 0.491 e. The van der Waals surface area contributed by atoms with Crippen LogP contribution in [0.15, 0.2) is 54.6 Å². The maximum atomic E-state index is 12.4. The highest BCUT2D eigenvalue weighted by atomic mass is 35.5. The molecule has 0 saturated heterocycles. The van der Waals surface area contributed by atoms with Crippen LogP contribution in [0.5, 0.6) is 5.75 Å². The predicted octanol–water partition coefficient (Wildman–Crippen LogP) is 3.17. The zero-order chi connectivity index (χ0) is 16.9. The van der Waals surface area contributed by atoms with Crippen LogP contribution in [0.3, 0.4) is 0 Å². The van der Waals surface area contributed by atoms with Crippen LogP contribution in [0.1, 0.15) is 25.0 Å². The summed E-state index contributed by atoms with van der Waals surface area (Å²) in [4.78, 5) is 12.4. The summed E-state index contributed by atoms with van der Waals surface area (Å²) >= 11 is 0. The van der Waals surface area contributed by atoms with Crippen LogP contribution in [0, 0.1) is 6.92 Å². The normalized spacial score (nSPS) is 14.0. The van der Waals surface area contributed by atoms with Gasteiger partial charge in [0.1, 0.15) is 17.9 Å². The number of amides is 1. The highest BCUT2D eigenvalue weighted by Crippen LogP contribution is 2.18. The van der Waals surface area contributed by atoms with E-state index in [1.807, 2.05) is 68.4 Å². The lowest BCUT2D eigenvalue weighted by atomic mass is 9.92. The number of nitrogens with one attached hydrogen (secondary N) is 1. The summed E-state index contributed by atoms with van der Waals surface area (Å²) in [6.45, 7) is 6.01. The lowest BCUT2D eigenvalue weighted by molar-refractivity contribution is -0.126. The number of hydrogen-bond acceptors (Lipinski definition) is 3. The van der Waals surface area contributed by atoms with Gasteiger partial charge in [-0.1, -0.05) is 42.5 Å². The maximum absolute atomic E-state index is 12.4. The van der Waals surface area contributed by atoms with Crippen molar-refractivity contribution in [3.8, 4) is 5.75 Å². The first kappa shape index (κ1) is 20.0. The van der Waals surface area contributed by atoms with Gasteiger partial charge in [-0.3, -0.25) is 4.79 Å². The molecule has 0 bridgehead atoms. The Kier molecular flexibility index (Phi) is 7.26. The Labute approximate surface area is 149 Å². The second kappa shape index (κ2) is 8.71. The average Bonchev–Trinajstić information content (AvgIpc) is 2.54. The van der Waals surface area contributed by atoms with Crippen LogP contribution in [0.4, 0.5) is 0 Å². The molecule has 2 aromatic carbocycles. The Morgan fingerprint density at radius 1 is 1.21 bits per heavy atom. The summed E-state index contributed by atoms with van der Waals surface area (Å²) < 4.78 is 5.71. The minimum atomic E-state index is -1.07. The summed E-state index contributed by atoms with van der Waals surface area (Å²) in [6.07, 6.45) is 0. The van der Waals surface area contributed by atoms with Crippen molar-refractivity contribution in [3.05, 3.63) is 65.7 Å². The van der Waals surface area contributed by atoms with E-state index in [0.29, 0.717) is 6.61 Å². The quantitative estimate of drug-likeness (QED) is 0.842. The average molecular weight is 349 g/mol. The molecule has 2 atom stereocenters. The fraction of sp³-hybridized carbons (Fsp3) is 0.316. The van der Waals surface area contributed by atoms with Crippen molar-refractivity contribution in [2.45, 2.75) is 32.4 Å². The first-order chi connectivity index (χ1) is 10.9. The molecule has 0 heterocycles. The Bertz CT molecular complexity index is 659. The molecule has 2 rings (SSSR count). The summed E-state index contributed by atoms with van der Waals surface area (Å²) in [5.74, 6) is 0.578. The van der Waals surface area contributed by atoms with Crippen molar-refractivity contribution in [3.63, 3.8) is 0 Å². The van der Waals surface area contributed by atoms with Gasteiger partial charge in [-0.15, -0.1) is 12.4 Å². The number of carbonyl (C=O) groups is 1. The van der Waals surface area contributed by atoms with Crippen LogP contribution in [0.25, 0.3) is 0 Å². The van der Waals surface area contributed by atoms with Crippen molar-refractivity contribution >= 4 is 18.3 Å². The van der Waals surface area contributed by atoms with Gasteiger partial charge in [0.2, 0.25) is 5.91 Å². The van der Waals surface area contributed by atoms with E-state index in [-0.39, 0.29) is 24.4 Å². The third-order valence-electron chi connectivity index (χ3n) is 3.71. The number of nitrogens with two attached hydrogens (primary N) is 1. The second-order valence-corrected chi connectivity index (χ2v) is 6.07. The monoisotopic (exact) mass is 348 g/mol. The molecule has 24 heavy (non-hydrogen) atoms. The van der Waals surface area contributed by atoms with Crippen molar-refractivity contribution in [2.24, 2.45) is 5.73 Å². The van der Waals surface area contributed by atoms with Gasteiger partial charge in [-0.25, -0.2) is 0 Å². The van der Waals surface area contributed by atoms with E-state index in [1.54, 1.807) is 6.92 Å². The van der Waals surface area contributed by atoms with E-state index >= 15 is 0 Å². The van der Waals surface area contributed by atoms with Gasteiger partial charge < -0.3 is 15.8 Å². The SMILES string of the molecule is Cc1cccc(OCC(C)NC(=O)C(C)(N)c2ccccc2)c1.Cl. The lowest BCUT2D eigenvalue weighted by Gasteiger charge is -2.26. The predicted molar refractivity (Wildman–Crippen MR) is 99.5 cm³/mol. The number of ether oxygens (including phenoxy) is 1. The summed E-state index contributed by atoms with van der Waals surface area (Å²) in [5, 5.41) is 2.91. The molecule has 2 unspecified atom stereocenters. The van der Waals surface area contributed by atoms with E-state index in [4.69, 9.17) is 10.5 Å². The fourth-order valence-corrected chi connectivity index (χ4v) is 2.26. The van der Waals surface area contributed by atoms with Gasteiger partial charge in [-0.2, -0.15) is 0 Å². The van der Waals surface area contributed by atoms with Crippen molar-refractivity contribution in [2.75, 3.05) is 6.61 Å². The second-order valence-electron chi connectivity index (χ2n) is 6.07. The zero-order valence-electron chi connectivity index (χ0n) is 14.3. The molecule has 0 saturated carbocycles. The molecule has 1 amide bonds. The molecule has 3 N–H and O–H groups in total. The topological polar surface area (TPSA) is 64.3 Å². The van der Waals surface area contributed by atoms with E-state index in [2.05, 4.69) is 5.32 Å². The molecule has 130 valence electrons. The standard InChI is InChI=1S/C19H24N2O2.ClH/c1-14-8-7-11-17(12-14)23-13-15(2)21-18(22)19(3,20)16-9-5-4-6-10-16;/h4-12,15H,13,20H2,1-3H3,(H,21,22);1H. The van der Waals surface area contributed by atoms with Gasteiger partial charge in [0, 0.05) is 0 Å². The maximum Gasteiger partial charge on any atom is 0.244 e. The van der Waals surface area contributed by atoms with Crippen molar-refractivity contribution in [1.29, 1.82) is 0 Å². The van der Waals surface area contributed by atoms with Crippen LogP contribution in [0.2, 0.25) is 0 Å². The number of carbonyl (C=O) groups excluding carboxylic acids is 1. The van der Waals surface area contributed by atoms with Crippen LogP contribution in [-0.2, 0) is 10.3 Å². The smallest absolute Gasteiger partial charge is 0.244 e. The highest BCUT2D eigenvalue weighted by molar-refractivity contribution is 5.87. The number of halogens is 1. The fourth-order valence-electron chi connectivity index (χ4n) is 2.26. The van der Waals surface area contributed by atoms with E-state index in [9.17, 15) is 4.79 Å². The van der Waals surface area contributed by atoms with Gasteiger partial charge >= 0.3 is 0 Å². The number of aryl methyl sites for hydroxylation is 1. The Morgan fingerprint density at radius 3 is 2.50 bits per heavy atom. The summed E-state index contributed by atoms with van der Waals surface area (Å²) in [5.41, 5.74) is 7.05. The van der Waals surface area contributed by atoms with Crippen LogP contribution >= 0.6 is 12.4 Å². The molecule has 0 radical (unpaired) electrons. The first-order valence-corrected chi connectivity index (χ1v) is 7.74. The number of rotatable bonds is 6. The molecule has 0 aliphatic heterocycles. The Morgan fingerprint density at radius 2 is 1.88 bits per heavy atom. The first-order valence-electron chi connectivity index (χ1n) is 7.74. The van der Waals surface area contributed by atoms with E-state index in [1.165, 1.54) is 0 Å². The molecule has 0 aliphatic rings. The molecule has 0 fully saturated rings. The van der Waals surface area contributed by atoms with Crippen LogP contribution in [-0.4, -0.2) is 18.6 Å². The number of benzene rings is 2. The summed E-state index contributed by atoms with van der Waals surface area (Å²) in [6, 6.07) is 17.0. The van der Waals surface area contributed by atoms with Gasteiger partial charge in [0.25, 0.3) is 0 Å². The minimum absolute atomic E-state index is 0. The third-order valence-corrected chi connectivity index (χ3v) is 3.71. The molecule has 5 heteroatoms. The van der Waals surface area contributed by atoms with Crippen molar-refractivity contribution < 1.29 is 9.53 Å². The van der Waals surface area contributed by atoms with Crippen LogP contribution < -0.4 is 15.8 Å². The molecule has 0 aromatic heterocycles. The van der Waals surface area contributed by atoms with E-state index < -0.39 is 5.54 Å². The molecular weight excluding hydrogens is 324 g/mol. The lowest BCUT2D eigenvalue weighted by Crippen LogP contribution is -2.52. The third kappa shape index (κ3) is 5.25. The van der Waals surface area contributed by atoms with Gasteiger partial charge in [-0.05, 0) is 44.0 Å². The van der Waals surface area contributed by atoms with E-state index in [0.717, 1.165) is 16.9 Å². The minimum Gasteiger partial charge on any atom is -0.491 e. The van der Waals surface area contributed by atoms with Gasteiger partial charge in [0.15, 0.2) is 0 Å². The Balaban J connectivity index is 0.00000288. The summed E-state index contributed by atoms with van der Waals surface area (Å²) in [7, 11) is 0. The van der Waals surface area contributed by atoms with Crippen molar-refractivity contribution in [1.82, 2.24) is 5.32 Å². The molecule has 2 aromatic rings. The molecular formula is C19H25ClN2O2. The molecule has 0 spiro atoms. The highest BCUT2D eigenvalue weighted by Gasteiger charge is 2.31.